The molecule has 7 heteroatoms. The third kappa shape index (κ3) is 5.53. The number of nitrogens with zero attached hydrogens (tertiary/aromatic N) is 1. The molecule has 1 amide bonds. The van der Waals surface area contributed by atoms with Crippen LogP contribution in [0.2, 0.25) is 0 Å². The highest BCUT2D eigenvalue weighted by Crippen LogP contribution is 2.50. The lowest BCUT2D eigenvalue weighted by molar-refractivity contribution is -0.119. The molecule has 0 saturated carbocycles. The van der Waals surface area contributed by atoms with E-state index in [-0.39, 0.29) is 17.6 Å². The van der Waals surface area contributed by atoms with Crippen LogP contribution < -0.4 is 24.4 Å². The minimum Gasteiger partial charge on any atom is -0.493 e. The van der Waals surface area contributed by atoms with Crippen molar-refractivity contribution >= 4 is 23.1 Å². The molecule has 0 saturated heterocycles. The van der Waals surface area contributed by atoms with Crippen molar-refractivity contribution in [3.05, 3.63) is 89.1 Å². The van der Waals surface area contributed by atoms with Crippen molar-refractivity contribution < 1.29 is 23.8 Å². The fraction of sp³-hybridized carbons (Fsp3) is 0.353. The van der Waals surface area contributed by atoms with Crippen molar-refractivity contribution in [3.8, 4) is 17.2 Å². The van der Waals surface area contributed by atoms with E-state index in [1.807, 2.05) is 59.5 Å². The number of hydrogen-bond donors (Lipinski definition) is 1. The van der Waals surface area contributed by atoms with Gasteiger partial charge in [0.15, 0.2) is 17.3 Å². The van der Waals surface area contributed by atoms with Gasteiger partial charge >= 0.3 is 0 Å². The zero-order valence-electron chi connectivity index (χ0n) is 24.2. The van der Waals surface area contributed by atoms with Crippen LogP contribution in [-0.2, 0) is 9.59 Å². The third-order valence-corrected chi connectivity index (χ3v) is 8.03. The van der Waals surface area contributed by atoms with Gasteiger partial charge in [0, 0.05) is 24.1 Å². The highest BCUT2D eigenvalue weighted by Gasteiger charge is 2.42. The number of carbonyl (C=O) groups is 2. The van der Waals surface area contributed by atoms with Gasteiger partial charge in [0.1, 0.15) is 0 Å². The standard InChI is InChI=1S/C34H38N2O5/c1-5-6-8-17-31(38)36-27-16-12-11-15-25(27)35-26-18-23(22-13-9-7-10-14-22)19-28(37)32(26)33(36)24-20-29(39-2)34(41-4)30(21-24)40-3/h7,9-16,20-21,23,33,35H,5-6,8,17-19H2,1-4H3/t23-,33+/m0/s1. The van der Waals surface area contributed by atoms with Crippen LogP contribution in [0.15, 0.2) is 78.0 Å². The number of carbonyl (C=O) groups excluding carboxylic acids is 2. The van der Waals surface area contributed by atoms with Crippen molar-refractivity contribution in [1.82, 2.24) is 0 Å². The number of nitrogens with one attached hydrogen (secondary N) is 1. The van der Waals surface area contributed by atoms with Crippen LogP contribution in [0.25, 0.3) is 0 Å². The number of para-hydroxylation sites is 2. The Morgan fingerprint density at radius 3 is 2.22 bits per heavy atom. The van der Waals surface area contributed by atoms with Crippen molar-refractivity contribution in [1.29, 1.82) is 0 Å². The topological polar surface area (TPSA) is 77.1 Å². The predicted molar refractivity (Wildman–Crippen MR) is 161 cm³/mol. The minimum atomic E-state index is -0.673. The SMILES string of the molecule is CCCCCC(=O)N1c2ccccc2NC2=C(C(=O)C[C@@H](c3ccccc3)C2)[C@H]1c1cc(OC)c(OC)c(OC)c1. The van der Waals surface area contributed by atoms with Crippen LogP contribution in [0, 0.1) is 0 Å². The van der Waals surface area contributed by atoms with Gasteiger partial charge in [-0.05, 0) is 54.2 Å². The third-order valence-electron chi connectivity index (χ3n) is 8.03. The highest BCUT2D eigenvalue weighted by atomic mass is 16.5. The lowest BCUT2D eigenvalue weighted by Crippen LogP contribution is -2.38. The van der Waals surface area contributed by atoms with E-state index < -0.39 is 6.04 Å². The number of amides is 1. The number of ether oxygens (including phenoxy) is 3. The number of anilines is 2. The average molecular weight is 555 g/mol. The number of ketones is 1. The fourth-order valence-corrected chi connectivity index (χ4v) is 6.05. The van der Waals surface area contributed by atoms with E-state index in [4.69, 9.17) is 14.2 Å². The fourth-order valence-electron chi connectivity index (χ4n) is 6.05. The molecule has 0 radical (unpaired) electrons. The molecule has 0 spiro atoms. The molecule has 3 aromatic carbocycles. The monoisotopic (exact) mass is 554 g/mol. The lowest BCUT2D eigenvalue weighted by atomic mass is 9.78. The van der Waals surface area contributed by atoms with Crippen LogP contribution >= 0.6 is 0 Å². The highest BCUT2D eigenvalue weighted by molar-refractivity contribution is 6.06. The minimum absolute atomic E-state index is 0.0190. The van der Waals surface area contributed by atoms with Crippen LogP contribution in [-0.4, -0.2) is 33.0 Å². The molecule has 5 rings (SSSR count). The van der Waals surface area contributed by atoms with Gasteiger partial charge in [-0.3, -0.25) is 14.5 Å². The second-order valence-corrected chi connectivity index (χ2v) is 10.6. The van der Waals surface area contributed by atoms with Crippen LogP contribution in [0.1, 0.15) is 68.5 Å². The zero-order valence-corrected chi connectivity index (χ0v) is 24.2. The van der Waals surface area contributed by atoms with Crippen LogP contribution in [0.4, 0.5) is 11.4 Å². The van der Waals surface area contributed by atoms with E-state index in [1.165, 1.54) is 0 Å². The smallest absolute Gasteiger partial charge is 0.227 e. The molecular weight excluding hydrogens is 516 g/mol. The number of hydrogen-bond acceptors (Lipinski definition) is 6. The number of allylic oxidation sites excluding steroid dienone is 1. The molecule has 0 bridgehead atoms. The van der Waals surface area contributed by atoms with Gasteiger partial charge < -0.3 is 19.5 Å². The van der Waals surface area contributed by atoms with E-state index in [2.05, 4.69) is 24.4 Å². The first kappa shape index (κ1) is 28.3. The molecule has 0 unspecified atom stereocenters. The molecule has 7 nitrogen and oxygen atoms in total. The maximum atomic E-state index is 14.2. The molecule has 3 aromatic rings. The summed E-state index contributed by atoms with van der Waals surface area (Å²) in [5, 5.41) is 3.60. The van der Waals surface area contributed by atoms with Crippen molar-refractivity contribution in [2.45, 2.75) is 57.4 Å². The Morgan fingerprint density at radius 1 is 0.878 bits per heavy atom. The van der Waals surface area contributed by atoms with E-state index >= 15 is 0 Å². The van der Waals surface area contributed by atoms with Gasteiger partial charge in [-0.1, -0.05) is 62.2 Å². The van der Waals surface area contributed by atoms with E-state index in [9.17, 15) is 9.59 Å². The predicted octanol–water partition coefficient (Wildman–Crippen LogP) is 7.19. The van der Waals surface area contributed by atoms with Gasteiger partial charge in [-0.2, -0.15) is 0 Å². The first-order valence-electron chi connectivity index (χ1n) is 14.3. The summed E-state index contributed by atoms with van der Waals surface area (Å²) in [6.07, 6.45) is 4.14. The van der Waals surface area contributed by atoms with Gasteiger partial charge in [0.25, 0.3) is 0 Å². The summed E-state index contributed by atoms with van der Waals surface area (Å²) >= 11 is 0. The summed E-state index contributed by atoms with van der Waals surface area (Å²) in [6, 6.07) is 21.0. The van der Waals surface area contributed by atoms with E-state index in [0.717, 1.165) is 47.5 Å². The molecule has 0 fully saturated rings. The summed E-state index contributed by atoms with van der Waals surface area (Å²) < 4.78 is 17.0. The molecule has 1 N–H and O–H groups in total. The molecule has 1 heterocycles. The molecule has 2 atom stereocenters. The number of fused-ring (bicyclic) bond motifs is 1. The normalized spacial score (nSPS) is 18.1. The Labute approximate surface area is 242 Å². The summed E-state index contributed by atoms with van der Waals surface area (Å²) in [7, 11) is 4.70. The zero-order chi connectivity index (χ0) is 28.9. The van der Waals surface area contributed by atoms with E-state index in [0.29, 0.717) is 42.1 Å². The summed E-state index contributed by atoms with van der Waals surface area (Å²) in [6.45, 7) is 2.12. The molecule has 41 heavy (non-hydrogen) atoms. The average Bonchev–Trinajstić information content (AvgIpc) is 3.15. The number of benzene rings is 3. The van der Waals surface area contributed by atoms with Crippen molar-refractivity contribution in [2.75, 3.05) is 31.5 Å². The summed E-state index contributed by atoms with van der Waals surface area (Å²) in [5.74, 6) is 1.43. The number of methoxy groups -OCH3 is 3. The van der Waals surface area contributed by atoms with Gasteiger partial charge in [-0.15, -0.1) is 0 Å². The number of unbranched alkanes of at least 4 members (excludes halogenated alkanes) is 2. The molecule has 1 aliphatic carbocycles. The quantitative estimate of drug-likeness (QED) is 0.282. The first-order valence-corrected chi connectivity index (χ1v) is 14.3. The van der Waals surface area contributed by atoms with Crippen molar-refractivity contribution in [3.63, 3.8) is 0 Å². The van der Waals surface area contributed by atoms with Gasteiger partial charge in [-0.25, -0.2) is 0 Å². The Hall–Kier alpha value is -4.26. The number of Topliss-reactive ketones (excluding diaryl/α,β-unsaturated/α-hetero) is 1. The second kappa shape index (κ2) is 12.5. The Bertz CT molecular complexity index is 1420. The lowest BCUT2D eigenvalue weighted by Gasteiger charge is -2.35. The largest absolute Gasteiger partial charge is 0.493 e. The van der Waals surface area contributed by atoms with Crippen molar-refractivity contribution in [2.24, 2.45) is 0 Å². The molecular formula is C34H38N2O5. The molecule has 1 aliphatic heterocycles. The Kier molecular flexibility index (Phi) is 8.62. The second-order valence-electron chi connectivity index (χ2n) is 10.6. The van der Waals surface area contributed by atoms with Crippen LogP contribution in [0.3, 0.4) is 0 Å². The first-order chi connectivity index (χ1) is 20.0. The molecule has 0 aromatic heterocycles. The van der Waals surface area contributed by atoms with E-state index in [1.54, 1.807) is 21.3 Å². The van der Waals surface area contributed by atoms with Gasteiger partial charge in [0.05, 0.1) is 38.7 Å². The Morgan fingerprint density at radius 2 is 1.56 bits per heavy atom. The molecule has 214 valence electrons. The number of rotatable bonds is 9. The van der Waals surface area contributed by atoms with Crippen LogP contribution in [0.5, 0.6) is 17.2 Å². The maximum Gasteiger partial charge on any atom is 0.227 e. The Balaban J connectivity index is 1.73. The maximum absolute atomic E-state index is 14.2. The summed E-state index contributed by atoms with van der Waals surface area (Å²) in [4.78, 5) is 30.2. The summed E-state index contributed by atoms with van der Waals surface area (Å²) in [5.41, 5.74) is 4.84. The molecule has 2 aliphatic rings. The van der Waals surface area contributed by atoms with Gasteiger partial charge in [0.2, 0.25) is 11.7 Å².